The van der Waals surface area contributed by atoms with Gasteiger partial charge < -0.3 is 4.74 Å². The summed E-state index contributed by atoms with van der Waals surface area (Å²) in [6.45, 7) is -0.297. The van der Waals surface area contributed by atoms with Crippen molar-refractivity contribution in [1.82, 2.24) is 0 Å². The van der Waals surface area contributed by atoms with Crippen molar-refractivity contribution in [1.29, 1.82) is 0 Å². The quantitative estimate of drug-likeness (QED) is 0.497. The van der Waals surface area contributed by atoms with Gasteiger partial charge in [-0.2, -0.15) is 0 Å². The summed E-state index contributed by atoms with van der Waals surface area (Å²) in [5.41, 5.74) is -0.186. The maximum absolute atomic E-state index is 13.8. The second-order valence-electron chi connectivity index (χ2n) is 3.81. The minimum Gasteiger partial charge on any atom is -0.487 e. The van der Waals surface area contributed by atoms with Crippen LogP contribution < -0.4 is 4.74 Å². The van der Waals surface area contributed by atoms with Crippen molar-refractivity contribution < 1.29 is 13.5 Å². The molecule has 7 heteroatoms. The molecule has 0 saturated carbocycles. The highest BCUT2D eigenvalue weighted by Gasteiger charge is 2.14. The standard InChI is InChI=1S/C13H6Br2Cl2F2O/c14-7-1-2-11(18)6(13(7)19)5-20-12-4-9(16)8(15)3-10(12)17/h1-4H,5H2. The SMILES string of the molecule is Fc1ccc(Br)c(F)c1COc1cc(Cl)c(Br)cc1Cl. The van der Waals surface area contributed by atoms with Crippen LogP contribution in [0, 0.1) is 11.6 Å². The van der Waals surface area contributed by atoms with E-state index < -0.39 is 11.6 Å². The molecule has 0 spiro atoms. The highest BCUT2D eigenvalue weighted by Crippen LogP contribution is 2.35. The molecule has 106 valence electrons. The molecule has 1 nitrogen and oxygen atoms in total. The van der Waals surface area contributed by atoms with Crippen LogP contribution in [0.1, 0.15) is 5.56 Å². The van der Waals surface area contributed by atoms with Crippen LogP contribution in [0.4, 0.5) is 8.78 Å². The topological polar surface area (TPSA) is 9.23 Å². The van der Waals surface area contributed by atoms with E-state index in [0.717, 1.165) is 6.07 Å². The van der Waals surface area contributed by atoms with E-state index in [9.17, 15) is 8.78 Å². The summed E-state index contributed by atoms with van der Waals surface area (Å²) in [7, 11) is 0. The zero-order chi connectivity index (χ0) is 14.9. The lowest BCUT2D eigenvalue weighted by atomic mass is 10.2. The minimum atomic E-state index is -0.704. The molecule has 2 rings (SSSR count). The van der Waals surface area contributed by atoms with Gasteiger partial charge >= 0.3 is 0 Å². The van der Waals surface area contributed by atoms with Crippen LogP contribution in [0.25, 0.3) is 0 Å². The lowest BCUT2D eigenvalue weighted by Gasteiger charge is -2.11. The van der Waals surface area contributed by atoms with Gasteiger partial charge in [-0.25, -0.2) is 8.78 Å². The van der Waals surface area contributed by atoms with Crippen LogP contribution in [0.15, 0.2) is 33.2 Å². The van der Waals surface area contributed by atoms with Crippen LogP contribution in [0.3, 0.4) is 0 Å². The smallest absolute Gasteiger partial charge is 0.146 e. The average Bonchev–Trinajstić information content (AvgIpc) is 2.40. The Bertz CT molecular complexity index is 665. The van der Waals surface area contributed by atoms with Crippen LogP contribution >= 0.6 is 55.1 Å². The molecule has 0 fully saturated rings. The third-order valence-corrected chi connectivity index (χ3v) is 4.59. The molecule has 2 aromatic carbocycles. The van der Waals surface area contributed by atoms with Crippen LogP contribution in [0.5, 0.6) is 5.75 Å². The largest absolute Gasteiger partial charge is 0.487 e. The third-order valence-electron chi connectivity index (χ3n) is 2.49. The number of hydrogen-bond donors (Lipinski definition) is 0. The molecule has 20 heavy (non-hydrogen) atoms. The number of benzene rings is 2. The Kier molecular flexibility index (Phi) is 5.29. The Labute approximate surface area is 141 Å². The number of halogens is 6. The molecule has 0 aliphatic rings. The highest BCUT2D eigenvalue weighted by atomic mass is 79.9. The number of ether oxygens (including phenoxy) is 1. The Morgan fingerprint density at radius 2 is 1.70 bits per heavy atom. The Hall–Kier alpha value is -0.360. The predicted octanol–water partition coefficient (Wildman–Crippen LogP) is 6.38. The molecule has 2 aromatic rings. The first kappa shape index (κ1) is 16.0. The second kappa shape index (κ2) is 6.60. The first-order chi connectivity index (χ1) is 9.40. The Morgan fingerprint density at radius 1 is 1.00 bits per heavy atom. The Morgan fingerprint density at radius 3 is 2.40 bits per heavy atom. The van der Waals surface area contributed by atoms with E-state index in [1.54, 1.807) is 6.07 Å². The van der Waals surface area contributed by atoms with E-state index in [2.05, 4.69) is 31.9 Å². The summed E-state index contributed by atoms with van der Waals surface area (Å²) in [5, 5.41) is 0.677. The van der Waals surface area contributed by atoms with Gasteiger partial charge in [0, 0.05) is 10.5 Å². The zero-order valence-electron chi connectivity index (χ0n) is 9.69. The molecule has 0 aromatic heterocycles. The molecule has 0 unspecified atom stereocenters. The molecular formula is C13H6Br2Cl2F2O. The molecule has 0 atom stereocenters. The molecule has 0 N–H and O–H groups in total. The van der Waals surface area contributed by atoms with Crippen LogP contribution in [-0.4, -0.2) is 0 Å². The predicted molar refractivity (Wildman–Crippen MR) is 82.6 cm³/mol. The summed E-state index contributed by atoms with van der Waals surface area (Å²) >= 11 is 18.1. The molecule has 0 amide bonds. The van der Waals surface area contributed by atoms with Gasteiger partial charge in [-0.05, 0) is 50.1 Å². The maximum atomic E-state index is 13.8. The first-order valence-corrected chi connectivity index (χ1v) is 7.64. The van der Waals surface area contributed by atoms with Gasteiger partial charge in [-0.1, -0.05) is 23.2 Å². The van der Waals surface area contributed by atoms with Gasteiger partial charge in [0.1, 0.15) is 24.0 Å². The molecule has 0 radical (unpaired) electrons. The Balaban J connectivity index is 2.26. The van der Waals surface area contributed by atoms with Crippen molar-refractivity contribution in [2.45, 2.75) is 6.61 Å². The van der Waals surface area contributed by atoms with Crippen LogP contribution in [-0.2, 0) is 6.61 Å². The van der Waals surface area contributed by atoms with Crippen molar-refractivity contribution in [2.75, 3.05) is 0 Å². The van der Waals surface area contributed by atoms with E-state index in [1.165, 1.54) is 12.1 Å². The number of hydrogen-bond acceptors (Lipinski definition) is 1. The summed E-state index contributed by atoms with van der Waals surface area (Å²) in [5.74, 6) is -1.15. The third kappa shape index (κ3) is 3.45. The monoisotopic (exact) mass is 444 g/mol. The number of rotatable bonds is 3. The van der Waals surface area contributed by atoms with Gasteiger partial charge in [0.25, 0.3) is 0 Å². The molecule has 0 aliphatic carbocycles. The van der Waals surface area contributed by atoms with E-state index in [-0.39, 0.29) is 27.4 Å². The van der Waals surface area contributed by atoms with Crippen molar-refractivity contribution >= 4 is 55.1 Å². The zero-order valence-corrected chi connectivity index (χ0v) is 14.4. The lowest BCUT2D eigenvalue weighted by molar-refractivity contribution is 0.292. The van der Waals surface area contributed by atoms with E-state index >= 15 is 0 Å². The molecule has 0 saturated heterocycles. The summed E-state index contributed by atoms with van der Waals surface area (Å²) in [6, 6.07) is 5.47. The fraction of sp³-hybridized carbons (Fsp3) is 0.0769. The van der Waals surface area contributed by atoms with Crippen molar-refractivity contribution in [3.63, 3.8) is 0 Å². The fourth-order valence-corrected chi connectivity index (χ4v) is 2.68. The maximum Gasteiger partial charge on any atom is 0.146 e. The average molecular weight is 447 g/mol. The van der Waals surface area contributed by atoms with Gasteiger partial charge in [-0.3, -0.25) is 0 Å². The summed E-state index contributed by atoms with van der Waals surface area (Å²) < 4.78 is 33.5. The minimum absolute atomic E-state index is 0.164. The van der Waals surface area contributed by atoms with Crippen LogP contribution in [0.2, 0.25) is 10.0 Å². The van der Waals surface area contributed by atoms with Gasteiger partial charge in [-0.15, -0.1) is 0 Å². The van der Waals surface area contributed by atoms with Crippen molar-refractivity contribution in [2.24, 2.45) is 0 Å². The second-order valence-corrected chi connectivity index (χ2v) is 6.33. The summed E-state index contributed by atoms with van der Waals surface area (Å²) in [6.07, 6.45) is 0. The van der Waals surface area contributed by atoms with Crippen molar-refractivity contribution in [3.05, 3.63) is 60.5 Å². The van der Waals surface area contributed by atoms with E-state index in [4.69, 9.17) is 27.9 Å². The molecule has 0 heterocycles. The molecule has 0 bridgehead atoms. The van der Waals surface area contributed by atoms with Gasteiger partial charge in [0.2, 0.25) is 0 Å². The van der Waals surface area contributed by atoms with Gasteiger partial charge in [0.15, 0.2) is 0 Å². The fourth-order valence-electron chi connectivity index (χ4n) is 1.47. The first-order valence-electron chi connectivity index (χ1n) is 5.30. The van der Waals surface area contributed by atoms with Crippen molar-refractivity contribution in [3.8, 4) is 5.75 Å². The normalized spacial score (nSPS) is 10.7. The lowest BCUT2D eigenvalue weighted by Crippen LogP contribution is -2.03. The van der Waals surface area contributed by atoms with Gasteiger partial charge in [0.05, 0.1) is 20.1 Å². The highest BCUT2D eigenvalue weighted by molar-refractivity contribution is 9.10. The molecule has 0 aliphatic heterocycles. The molecular weight excluding hydrogens is 441 g/mol. The van der Waals surface area contributed by atoms with E-state index in [1.807, 2.05) is 0 Å². The van der Waals surface area contributed by atoms with E-state index in [0.29, 0.717) is 9.50 Å². The summed E-state index contributed by atoms with van der Waals surface area (Å²) in [4.78, 5) is 0.